The lowest BCUT2D eigenvalue weighted by molar-refractivity contribution is 0.273. The average molecular weight is 312 g/mol. The van der Waals surface area contributed by atoms with Crippen molar-refractivity contribution >= 4 is 28.9 Å². The number of anilines is 1. The summed E-state index contributed by atoms with van der Waals surface area (Å²) in [5.41, 5.74) is 1.57. The zero-order chi connectivity index (χ0) is 14.5. The molecule has 5 heteroatoms. The minimum absolute atomic E-state index is 0.108. The van der Waals surface area contributed by atoms with Crippen LogP contribution in [0, 0.1) is 0 Å². The van der Waals surface area contributed by atoms with Gasteiger partial charge in [-0.3, -0.25) is 0 Å². The van der Waals surface area contributed by atoms with Crippen molar-refractivity contribution in [3.63, 3.8) is 0 Å². The fourth-order valence-corrected chi connectivity index (χ4v) is 2.41. The van der Waals surface area contributed by atoms with Gasteiger partial charge in [-0.2, -0.15) is 0 Å². The van der Waals surface area contributed by atoms with E-state index in [9.17, 15) is 5.11 Å². The predicted molar refractivity (Wildman–Crippen MR) is 82.9 cm³/mol. The number of ether oxygens (including phenoxy) is 1. The molecule has 3 nitrogen and oxygen atoms in total. The predicted octanol–water partition coefficient (Wildman–Crippen LogP) is 4.15. The maximum atomic E-state index is 9.64. The molecule has 0 fully saturated rings. The standard InChI is InChI=1S/C15H15Cl2NO2/c1-20-14-4-2-3-12(17)15(14)13(9-19)18-11-7-5-10(16)6-8-11/h2-8,13,18-19H,9H2,1H3. The van der Waals surface area contributed by atoms with Crippen molar-refractivity contribution in [3.05, 3.63) is 58.1 Å². The van der Waals surface area contributed by atoms with E-state index >= 15 is 0 Å². The Balaban J connectivity index is 2.31. The summed E-state index contributed by atoms with van der Waals surface area (Å²) in [5, 5.41) is 14.1. The number of halogens is 2. The molecule has 0 radical (unpaired) electrons. The summed E-state index contributed by atoms with van der Waals surface area (Å²) in [4.78, 5) is 0. The lowest BCUT2D eigenvalue weighted by atomic mass is 10.1. The first-order valence-corrected chi connectivity index (χ1v) is 6.86. The van der Waals surface area contributed by atoms with Gasteiger partial charge in [0.1, 0.15) is 5.75 Å². The lowest BCUT2D eigenvalue weighted by Crippen LogP contribution is -2.16. The second-order valence-corrected chi connectivity index (χ2v) is 5.09. The van der Waals surface area contributed by atoms with Gasteiger partial charge in [0.25, 0.3) is 0 Å². The Morgan fingerprint density at radius 2 is 1.85 bits per heavy atom. The third kappa shape index (κ3) is 3.37. The van der Waals surface area contributed by atoms with Crippen LogP contribution < -0.4 is 10.1 Å². The summed E-state index contributed by atoms with van der Waals surface area (Å²) in [7, 11) is 1.58. The molecule has 2 N–H and O–H groups in total. The van der Waals surface area contributed by atoms with Gasteiger partial charge in [-0.25, -0.2) is 0 Å². The third-order valence-electron chi connectivity index (χ3n) is 2.95. The average Bonchev–Trinajstić information content (AvgIpc) is 2.47. The maximum Gasteiger partial charge on any atom is 0.125 e. The number of aliphatic hydroxyl groups excluding tert-OH is 1. The Kier molecular flexibility index (Phi) is 5.12. The van der Waals surface area contributed by atoms with Crippen LogP contribution in [0.1, 0.15) is 11.6 Å². The van der Waals surface area contributed by atoms with Gasteiger partial charge in [0, 0.05) is 21.3 Å². The molecule has 1 unspecified atom stereocenters. The molecule has 0 aliphatic heterocycles. The van der Waals surface area contributed by atoms with E-state index in [1.165, 1.54) is 0 Å². The van der Waals surface area contributed by atoms with Crippen molar-refractivity contribution in [1.29, 1.82) is 0 Å². The van der Waals surface area contributed by atoms with Gasteiger partial charge in [-0.15, -0.1) is 0 Å². The molecule has 0 saturated heterocycles. The topological polar surface area (TPSA) is 41.5 Å². The Bertz CT molecular complexity index is 573. The number of rotatable bonds is 5. The van der Waals surface area contributed by atoms with Crippen LogP contribution in [0.15, 0.2) is 42.5 Å². The molecule has 2 rings (SSSR count). The molecule has 0 spiro atoms. The van der Waals surface area contributed by atoms with Crippen LogP contribution in [0.2, 0.25) is 10.0 Å². The first-order valence-electron chi connectivity index (χ1n) is 6.11. The molecule has 0 bridgehead atoms. The van der Waals surface area contributed by atoms with Gasteiger partial charge >= 0.3 is 0 Å². The van der Waals surface area contributed by atoms with Gasteiger partial charge < -0.3 is 15.2 Å². The Morgan fingerprint density at radius 3 is 2.45 bits per heavy atom. The molecular formula is C15H15Cl2NO2. The van der Waals surface area contributed by atoms with Crippen molar-refractivity contribution in [2.75, 3.05) is 19.0 Å². The van der Waals surface area contributed by atoms with Crippen LogP contribution in [0.3, 0.4) is 0 Å². The van der Waals surface area contributed by atoms with Crippen molar-refractivity contribution in [2.24, 2.45) is 0 Å². The molecule has 0 saturated carbocycles. The highest BCUT2D eigenvalue weighted by molar-refractivity contribution is 6.31. The molecule has 0 aromatic heterocycles. The summed E-state index contributed by atoms with van der Waals surface area (Å²) >= 11 is 12.1. The fourth-order valence-electron chi connectivity index (χ4n) is 1.99. The number of hydrogen-bond acceptors (Lipinski definition) is 3. The highest BCUT2D eigenvalue weighted by atomic mass is 35.5. The third-order valence-corrected chi connectivity index (χ3v) is 3.53. The summed E-state index contributed by atoms with van der Waals surface area (Å²) < 4.78 is 5.31. The van der Waals surface area contributed by atoms with E-state index < -0.39 is 0 Å². The quantitative estimate of drug-likeness (QED) is 0.871. The molecule has 2 aromatic carbocycles. The summed E-state index contributed by atoms with van der Waals surface area (Å²) in [6, 6.07) is 12.3. The van der Waals surface area contributed by atoms with E-state index in [1.54, 1.807) is 31.4 Å². The second-order valence-electron chi connectivity index (χ2n) is 4.24. The Labute approximate surface area is 128 Å². The van der Waals surface area contributed by atoms with Crippen LogP contribution >= 0.6 is 23.2 Å². The summed E-state index contributed by atoms with van der Waals surface area (Å²) in [6.45, 7) is -0.108. The van der Waals surface area contributed by atoms with Crippen LogP contribution in [0.25, 0.3) is 0 Å². The molecule has 2 aromatic rings. The monoisotopic (exact) mass is 311 g/mol. The van der Waals surface area contributed by atoms with E-state index in [0.29, 0.717) is 15.8 Å². The molecular weight excluding hydrogens is 297 g/mol. The molecule has 0 amide bonds. The summed E-state index contributed by atoms with van der Waals surface area (Å²) in [5.74, 6) is 0.637. The Hall–Kier alpha value is -1.42. The maximum absolute atomic E-state index is 9.64. The molecule has 106 valence electrons. The highest BCUT2D eigenvalue weighted by Gasteiger charge is 2.18. The number of methoxy groups -OCH3 is 1. The van der Waals surface area contributed by atoms with Crippen molar-refractivity contribution < 1.29 is 9.84 Å². The molecule has 20 heavy (non-hydrogen) atoms. The number of hydrogen-bond donors (Lipinski definition) is 2. The number of benzene rings is 2. The first kappa shape index (κ1) is 15.0. The van der Waals surface area contributed by atoms with E-state index in [4.69, 9.17) is 27.9 Å². The van der Waals surface area contributed by atoms with Gasteiger partial charge in [0.2, 0.25) is 0 Å². The van der Waals surface area contributed by atoms with Gasteiger partial charge in [-0.1, -0.05) is 29.3 Å². The van der Waals surface area contributed by atoms with Crippen LogP contribution in [0.4, 0.5) is 5.69 Å². The zero-order valence-electron chi connectivity index (χ0n) is 10.9. The van der Waals surface area contributed by atoms with Crippen LogP contribution in [-0.2, 0) is 0 Å². The van der Waals surface area contributed by atoms with Crippen molar-refractivity contribution in [1.82, 2.24) is 0 Å². The smallest absolute Gasteiger partial charge is 0.125 e. The molecule has 1 atom stereocenters. The van der Waals surface area contributed by atoms with E-state index in [2.05, 4.69) is 5.32 Å². The summed E-state index contributed by atoms with van der Waals surface area (Å²) in [6.07, 6.45) is 0. The minimum atomic E-state index is -0.361. The van der Waals surface area contributed by atoms with E-state index in [1.807, 2.05) is 18.2 Å². The Morgan fingerprint density at radius 1 is 1.15 bits per heavy atom. The lowest BCUT2D eigenvalue weighted by Gasteiger charge is -2.21. The zero-order valence-corrected chi connectivity index (χ0v) is 12.4. The largest absolute Gasteiger partial charge is 0.496 e. The number of nitrogens with one attached hydrogen (secondary N) is 1. The van der Waals surface area contributed by atoms with Crippen molar-refractivity contribution in [3.8, 4) is 5.75 Å². The molecule has 0 aliphatic rings. The van der Waals surface area contributed by atoms with Crippen LogP contribution in [-0.4, -0.2) is 18.8 Å². The minimum Gasteiger partial charge on any atom is -0.496 e. The highest BCUT2D eigenvalue weighted by Crippen LogP contribution is 2.34. The number of aliphatic hydroxyl groups is 1. The van der Waals surface area contributed by atoms with E-state index in [-0.39, 0.29) is 12.6 Å². The van der Waals surface area contributed by atoms with Crippen molar-refractivity contribution in [2.45, 2.75) is 6.04 Å². The van der Waals surface area contributed by atoms with Gasteiger partial charge in [-0.05, 0) is 36.4 Å². The van der Waals surface area contributed by atoms with Gasteiger partial charge in [0.05, 0.1) is 19.8 Å². The second kappa shape index (κ2) is 6.84. The normalized spacial score (nSPS) is 12.0. The van der Waals surface area contributed by atoms with Crippen LogP contribution in [0.5, 0.6) is 5.75 Å². The van der Waals surface area contributed by atoms with Gasteiger partial charge in [0.15, 0.2) is 0 Å². The SMILES string of the molecule is COc1cccc(Cl)c1C(CO)Nc1ccc(Cl)cc1. The first-order chi connectivity index (χ1) is 9.65. The molecule has 0 aliphatic carbocycles. The van der Waals surface area contributed by atoms with E-state index in [0.717, 1.165) is 11.3 Å². The fraction of sp³-hybridized carbons (Fsp3) is 0.200. The molecule has 0 heterocycles.